The largest absolute Gasteiger partial charge is 0.497 e. The zero-order valence-corrected chi connectivity index (χ0v) is 20.1. The Balaban J connectivity index is 0.00000289. The van der Waals surface area contributed by atoms with Gasteiger partial charge in [-0.15, -0.1) is 12.4 Å². The maximum atomic E-state index is 13.2. The Morgan fingerprint density at radius 2 is 2.06 bits per heavy atom. The van der Waals surface area contributed by atoms with Crippen LogP contribution in [0, 0.1) is 0 Å². The normalized spacial score (nSPS) is 14.4. The van der Waals surface area contributed by atoms with E-state index in [-0.39, 0.29) is 18.3 Å². The van der Waals surface area contributed by atoms with Gasteiger partial charge >= 0.3 is 0 Å². The molecular weight excluding hydrogens is 469 g/mol. The topological polar surface area (TPSA) is 54.9 Å². The summed E-state index contributed by atoms with van der Waals surface area (Å²) in [7, 11) is 1.63. The van der Waals surface area contributed by atoms with E-state index in [0.717, 1.165) is 54.4 Å². The van der Waals surface area contributed by atoms with Crippen LogP contribution >= 0.6 is 35.3 Å². The molecule has 2 heterocycles. The second kappa shape index (κ2) is 11.6. The third-order valence-electron chi connectivity index (χ3n) is 5.13. The first-order valence-corrected chi connectivity index (χ1v) is 11.3. The highest BCUT2D eigenvalue weighted by Crippen LogP contribution is 2.31. The van der Waals surface area contributed by atoms with Crippen LogP contribution in [0.1, 0.15) is 5.56 Å². The second-order valence-electron chi connectivity index (χ2n) is 7.13. The molecule has 1 aliphatic heterocycles. The number of hydrogen-bond donors (Lipinski definition) is 0. The summed E-state index contributed by atoms with van der Waals surface area (Å²) in [5, 5.41) is 1.28. The first-order valence-electron chi connectivity index (χ1n) is 10.1. The summed E-state index contributed by atoms with van der Waals surface area (Å²) >= 11 is 7.73. The molecule has 6 nitrogen and oxygen atoms in total. The zero-order chi connectivity index (χ0) is 21.6. The predicted octanol–water partition coefficient (Wildman–Crippen LogP) is 4.76. The van der Waals surface area contributed by atoms with E-state index in [4.69, 9.17) is 26.1 Å². The van der Waals surface area contributed by atoms with Crippen LogP contribution in [0.5, 0.6) is 5.75 Å². The molecule has 32 heavy (non-hydrogen) atoms. The summed E-state index contributed by atoms with van der Waals surface area (Å²) in [5.74, 6) is 0.619. The number of benzene rings is 2. The van der Waals surface area contributed by atoms with Gasteiger partial charge in [-0.1, -0.05) is 41.1 Å². The maximum Gasteiger partial charge on any atom is 0.252 e. The van der Waals surface area contributed by atoms with Crippen LogP contribution < -0.4 is 9.64 Å². The van der Waals surface area contributed by atoms with Crippen LogP contribution in [-0.4, -0.2) is 62.3 Å². The summed E-state index contributed by atoms with van der Waals surface area (Å²) in [6.45, 7) is 4.49. The molecule has 0 spiro atoms. The number of fused-ring (bicyclic) bond motifs is 1. The minimum Gasteiger partial charge on any atom is -0.497 e. The first kappa shape index (κ1) is 24.5. The van der Waals surface area contributed by atoms with Gasteiger partial charge in [0, 0.05) is 43.3 Å². The van der Waals surface area contributed by atoms with E-state index in [1.807, 2.05) is 42.5 Å². The molecule has 9 heteroatoms. The number of anilines is 1. The van der Waals surface area contributed by atoms with Gasteiger partial charge in [0.1, 0.15) is 5.75 Å². The number of methoxy groups -OCH3 is 1. The van der Waals surface area contributed by atoms with Crippen molar-refractivity contribution in [3.05, 3.63) is 59.1 Å². The van der Waals surface area contributed by atoms with E-state index in [2.05, 4.69) is 4.90 Å². The minimum absolute atomic E-state index is 0. The molecule has 4 rings (SSSR count). The lowest BCUT2D eigenvalue weighted by Crippen LogP contribution is -2.42. The third-order valence-corrected chi connectivity index (χ3v) is 6.54. The number of carbonyl (C=O) groups excluding carboxylic acids is 1. The molecule has 0 N–H and O–H groups in total. The van der Waals surface area contributed by atoms with Crippen molar-refractivity contribution in [3.63, 3.8) is 0 Å². The highest BCUT2D eigenvalue weighted by Gasteiger charge is 2.20. The van der Waals surface area contributed by atoms with E-state index in [1.54, 1.807) is 24.2 Å². The van der Waals surface area contributed by atoms with Crippen molar-refractivity contribution in [2.45, 2.75) is 0 Å². The number of carbonyl (C=O) groups is 1. The summed E-state index contributed by atoms with van der Waals surface area (Å²) in [6, 6.07) is 13.2. The fourth-order valence-electron chi connectivity index (χ4n) is 3.37. The smallest absolute Gasteiger partial charge is 0.252 e. The van der Waals surface area contributed by atoms with Gasteiger partial charge in [0.25, 0.3) is 5.91 Å². The molecule has 0 saturated carbocycles. The van der Waals surface area contributed by atoms with E-state index in [0.29, 0.717) is 16.7 Å². The molecule has 1 fully saturated rings. The fourth-order valence-corrected chi connectivity index (χ4v) is 4.54. The Morgan fingerprint density at radius 1 is 1.28 bits per heavy atom. The number of halogens is 2. The van der Waals surface area contributed by atoms with Gasteiger partial charge < -0.3 is 9.47 Å². The van der Waals surface area contributed by atoms with Crippen LogP contribution in [0.3, 0.4) is 0 Å². The predicted molar refractivity (Wildman–Crippen MR) is 134 cm³/mol. The quantitative estimate of drug-likeness (QED) is 0.444. The average Bonchev–Trinajstić information content (AvgIpc) is 3.22. The van der Waals surface area contributed by atoms with Crippen LogP contribution in [-0.2, 0) is 9.53 Å². The maximum absolute atomic E-state index is 13.2. The molecule has 1 aliphatic rings. The Labute approximate surface area is 202 Å². The van der Waals surface area contributed by atoms with Gasteiger partial charge in [0.15, 0.2) is 5.13 Å². The van der Waals surface area contributed by atoms with Gasteiger partial charge in [0.2, 0.25) is 0 Å². The van der Waals surface area contributed by atoms with E-state index < -0.39 is 0 Å². The Morgan fingerprint density at radius 3 is 2.81 bits per heavy atom. The molecule has 2 aromatic carbocycles. The van der Waals surface area contributed by atoms with Crippen LogP contribution in [0.25, 0.3) is 16.3 Å². The SMILES string of the molecule is COc1ccc2sc(N(CCN3CCOCC3)C(=O)/C=C/c3ccccc3Cl)nc2c1.Cl. The van der Waals surface area contributed by atoms with Crippen molar-refractivity contribution in [2.75, 3.05) is 51.4 Å². The van der Waals surface area contributed by atoms with Gasteiger partial charge in [-0.3, -0.25) is 14.6 Å². The van der Waals surface area contributed by atoms with E-state index in [9.17, 15) is 4.79 Å². The van der Waals surface area contributed by atoms with Crippen LogP contribution in [0.4, 0.5) is 5.13 Å². The summed E-state index contributed by atoms with van der Waals surface area (Å²) in [4.78, 5) is 22.0. The molecule has 0 atom stereocenters. The van der Waals surface area contributed by atoms with Crippen molar-refractivity contribution < 1.29 is 14.3 Å². The Hall–Kier alpha value is -2.16. The van der Waals surface area contributed by atoms with Crippen molar-refractivity contribution in [1.29, 1.82) is 0 Å². The fraction of sp³-hybridized carbons (Fsp3) is 0.304. The molecule has 3 aromatic rings. The number of nitrogens with zero attached hydrogens (tertiary/aromatic N) is 3. The summed E-state index contributed by atoms with van der Waals surface area (Å²) < 4.78 is 11.7. The third kappa shape index (κ3) is 5.99. The Bertz CT molecular complexity index is 1080. The lowest BCUT2D eigenvalue weighted by Gasteiger charge is -2.28. The number of morpholine rings is 1. The molecule has 170 valence electrons. The summed E-state index contributed by atoms with van der Waals surface area (Å²) in [5.41, 5.74) is 1.62. The molecule has 0 unspecified atom stereocenters. The van der Waals surface area contributed by atoms with Crippen LogP contribution in [0.2, 0.25) is 5.02 Å². The number of rotatable bonds is 7. The van der Waals surface area contributed by atoms with Crippen molar-refractivity contribution in [1.82, 2.24) is 9.88 Å². The molecule has 1 amide bonds. The number of amides is 1. The van der Waals surface area contributed by atoms with E-state index in [1.165, 1.54) is 11.3 Å². The van der Waals surface area contributed by atoms with Crippen molar-refractivity contribution in [2.24, 2.45) is 0 Å². The average molecular weight is 494 g/mol. The van der Waals surface area contributed by atoms with Gasteiger partial charge in [0.05, 0.1) is 30.5 Å². The van der Waals surface area contributed by atoms with E-state index >= 15 is 0 Å². The zero-order valence-electron chi connectivity index (χ0n) is 17.7. The Kier molecular flexibility index (Phi) is 8.90. The monoisotopic (exact) mass is 493 g/mol. The molecule has 0 bridgehead atoms. The molecule has 1 saturated heterocycles. The van der Waals surface area contributed by atoms with Crippen molar-refractivity contribution in [3.8, 4) is 5.75 Å². The lowest BCUT2D eigenvalue weighted by molar-refractivity contribution is -0.114. The number of ether oxygens (including phenoxy) is 2. The number of hydrogen-bond acceptors (Lipinski definition) is 6. The van der Waals surface area contributed by atoms with Gasteiger partial charge in [-0.25, -0.2) is 4.98 Å². The highest BCUT2D eigenvalue weighted by molar-refractivity contribution is 7.22. The number of thiazole rings is 1. The van der Waals surface area contributed by atoms with Gasteiger partial charge in [-0.2, -0.15) is 0 Å². The molecule has 1 aromatic heterocycles. The molecule has 0 aliphatic carbocycles. The number of aromatic nitrogens is 1. The second-order valence-corrected chi connectivity index (χ2v) is 8.55. The first-order chi connectivity index (χ1) is 15.1. The highest BCUT2D eigenvalue weighted by atomic mass is 35.5. The standard InChI is InChI=1S/C23H24ClN3O3S.ClH/c1-29-18-7-8-21-20(16-18)25-23(31-21)27(11-10-26-12-14-30-15-13-26)22(28)9-6-17-4-2-3-5-19(17)24;/h2-9,16H,10-15H2,1H3;1H/b9-6+;. The molecule has 0 radical (unpaired) electrons. The summed E-state index contributed by atoms with van der Waals surface area (Å²) in [6.07, 6.45) is 3.32. The lowest BCUT2D eigenvalue weighted by atomic mass is 10.2. The van der Waals surface area contributed by atoms with Crippen molar-refractivity contribution >= 4 is 62.7 Å². The van der Waals surface area contributed by atoms with Crippen LogP contribution in [0.15, 0.2) is 48.5 Å². The minimum atomic E-state index is -0.126. The molecular formula is C23H25Cl2N3O3S. The van der Waals surface area contributed by atoms with Gasteiger partial charge in [-0.05, 0) is 29.8 Å².